The minimum Gasteiger partial charge on any atom is -0.389 e. The zero-order valence-corrected chi connectivity index (χ0v) is 15.4. The third kappa shape index (κ3) is 2.21. The summed E-state index contributed by atoms with van der Waals surface area (Å²) in [5.74, 6) is 1.39. The van der Waals surface area contributed by atoms with Crippen molar-refractivity contribution in [3.05, 3.63) is 35.5 Å². The number of aliphatic hydroxyl groups is 1. The second kappa shape index (κ2) is 5.51. The lowest BCUT2D eigenvalue weighted by atomic mass is 9.52. The normalized spacial score (nSPS) is 45.2. The van der Waals surface area contributed by atoms with Gasteiger partial charge in [-0.15, -0.1) is 0 Å². The van der Waals surface area contributed by atoms with Gasteiger partial charge in [0.1, 0.15) is 6.61 Å². The number of carbonyl (C=O) groups excluding carboxylic acids is 2. The van der Waals surface area contributed by atoms with Crippen LogP contribution in [0.25, 0.3) is 0 Å². The summed E-state index contributed by atoms with van der Waals surface area (Å²) in [6, 6.07) is 0. The highest BCUT2D eigenvalue weighted by Gasteiger charge is 2.59. The number of ketones is 2. The largest absolute Gasteiger partial charge is 0.389 e. The van der Waals surface area contributed by atoms with E-state index in [2.05, 4.69) is 32.9 Å². The first-order valence-corrected chi connectivity index (χ1v) is 9.59. The molecule has 3 heteroatoms. The minimum absolute atomic E-state index is 0.0140. The van der Waals surface area contributed by atoms with Crippen LogP contribution in [0.15, 0.2) is 35.5 Å². The molecule has 2 saturated carbocycles. The maximum Gasteiger partial charge on any atom is 0.178 e. The van der Waals surface area contributed by atoms with Crippen LogP contribution in [0.4, 0.5) is 0 Å². The molecule has 0 aromatic heterocycles. The Morgan fingerprint density at radius 2 is 2.12 bits per heavy atom. The van der Waals surface area contributed by atoms with Gasteiger partial charge in [0.2, 0.25) is 0 Å². The monoisotopic (exact) mass is 340 g/mol. The molecule has 0 heterocycles. The highest BCUT2D eigenvalue weighted by molar-refractivity contribution is 6.01. The van der Waals surface area contributed by atoms with E-state index in [-0.39, 0.29) is 34.9 Å². The highest BCUT2D eigenvalue weighted by atomic mass is 16.3. The Hall–Kier alpha value is -1.48. The van der Waals surface area contributed by atoms with Crippen molar-refractivity contribution in [2.45, 2.75) is 46.5 Å². The summed E-state index contributed by atoms with van der Waals surface area (Å²) in [4.78, 5) is 24.2. The molecule has 134 valence electrons. The van der Waals surface area contributed by atoms with Gasteiger partial charge in [0.15, 0.2) is 11.6 Å². The Bertz CT molecular complexity index is 728. The van der Waals surface area contributed by atoms with Gasteiger partial charge in [-0.05, 0) is 67.9 Å². The van der Waals surface area contributed by atoms with Gasteiger partial charge in [0.25, 0.3) is 0 Å². The van der Waals surface area contributed by atoms with Crippen LogP contribution in [-0.4, -0.2) is 23.3 Å². The summed E-state index contributed by atoms with van der Waals surface area (Å²) >= 11 is 0. The molecular weight excluding hydrogens is 312 g/mol. The minimum atomic E-state index is -0.339. The van der Waals surface area contributed by atoms with Crippen molar-refractivity contribution < 1.29 is 14.7 Å². The fraction of sp³-hybridized carbons (Fsp3) is 0.636. The Labute approximate surface area is 149 Å². The first-order valence-electron chi connectivity index (χ1n) is 9.59. The summed E-state index contributed by atoms with van der Waals surface area (Å²) in [5, 5.41) is 9.46. The number of Topliss-reactive ketones (excluding diaryl/α,β-unsaturated/α-hetero) is 1. The summed E-state index contributed by atoms with van der Waals surface area (Å²) in [5.41, 5.74) is 2.54. The van der Waals surface area contributed by atoms with Crippen molar-refractivity contribution in [3.63, 3.8) is 0 Å². The van der Waals surface area contributed by atoms with Crippen LogP contribution in [0.2, 0.25) is 0 Å². The van der Waals surface area contributed by atoms with E-state index in [1.54, 1.807) is 6.08 Å². The van der Waals surface area contributed by atoms with Gasteiger partial charge >= 0.3 is 0 Å². The molecule has 25 heavy (non-hydrogen) atoms. The van der Waals surface area contributed by atoms with Crippen LogP contribution in [-0.2, 0) is 9.59 Å². The van der Waals surface area contributed by atoms with E-state index in [0.29, 0.717) is 17.8 Å². The number of fused-ring (bicyclic) bond motifs is 5. The fourth-order valence-electron chi connectivity index (χ4n) is 6.67. The topological polar surface area (TPSA) is 54.4 Å². The molecule has 0 amide bonds. The van der Waals surface area contributed by atoms with E-state index >= 15 is 0 Å². The average Bonchev–Trinajstić information content (AvgIpc) is 2.85. The van der Waals surface area contributed by atoms with Crippen LogP contribution < -0.4 is 0 Å². The second-order valence-corrected chi connectivity index (χ2v) is 9.04. The second-order valence-electron chi connectivity index (χ2n) is 9.04. The van der Waals surface area contributed by atoms with Crippen LogP contribution in [0, 0.1) is 34.5 Å². The van der Waals surface area contributed by atoms with Crippen molar-refractivity contribution in [2.24, 2.45) is 34.5 Å². The average molecular weight is 340 g/mol. The lowest BCUT2D eigenvalue weighted by Gasteiger charge is -2.52. The zero-order chi connectivity index (χ0) is 18.0. The van der Waals surface area contributed by atoms with E-state index in [1.165, 1.54) is 11.1 Å². The van der Waals surface area contributed by atoms with Crippen molar-refractivity contribution in [3.8, 4) is 0 Å². The summed E-state index contributed by atoms with van der Waals surface area (Å²) < 4.78 is 0. The molecule has 4 rings (SSSR count). The number of hydrogen-bond acceptors (Lipinski definition) is 3. The molecule has 0 aromatic rings. The third-order valence-corrected chi connectivity index (χ3v) is 7.79. The van der Waals surface area contributed by atoms with Gasteiger partial charge in [0.05, 0.1) is 0 Å². The fourth-order valence-corrected chi connectivity index (χ4v) is 6.67. The lowest BCUT2D eigenvalue weighted by molar-refractivity contribution is -0.131. The molecule has 0 spiro atoms. The Morgan fingerprint density at radius 3 is 2.84 bits per heavy atom. The number of hydrogen-bond donors (Lipinski definition) is 1. The molecule has 0 saturated heterocycles. The van der Waals surface area contributed by atoms with Gasteiger partial charge in [-0.3, -0.25) is 9.59 Å². The van der Waals surface area contributed by atoms with Crippen molar-refractivity contribution >= 4 is 11.6 Å². The van der Waals surface area contributed by atoms with E-state index < -0.39 is 0 Å². The smallest absolute Gasteiger partial charge is 0.178 e. The Balaban J connectivity index is 1.75. The van der Waals surface area contributed by atoms with Crippen molar-refractivity contribution in [2.75, 3.05) is 6.61 Å². The molecule has 4 aliphatic rings. The standard InChI is InChI=1S/C22H28O3/c1-13-10-18-16-5-4-14-11-15(24)6-8-21(14,2)17(16)7-9-22(18,3)20(13)19(25)12-23/h6-8,11,13,16,18,20,23H,4-5,9-10,12H2,1-3H3/t13-,16?,18?,20?,21+,22?/m1/s1. The maximum atomic E-state index is 12.4. The molecule has 2 fully saturated rings. The third-order valence-electron chi connectivity index (χ3n) is 7.79. The molecule has 0 aliphatic heterocycles. The molecule has 0 bridgehead atoms. The highest BCUT2D eigenvalue weighted by Crippen LogP contribution is 2.65. The Kier molecular flexibility index (Phi) is 3.74. The predicted octanol–water partition coefficient (Wildman–Crippen LogP) is 3.64. The molecule has 4 aliphatic carbocycles. The Morgan fingerprint density at radius 1 is 1.36 bits per heavy atom. The zero-order valence-electron chi connectivity index (χ0n) is 15.4. The SMILES string of the molecule is C[C@@H]1CC2C3CCC4=CC(=O)C=C[C@]4(C)C3=CCC2(C)C1C(=O)CO. The maximum absolute atomic E-state index is 12.4. The van der Waals surface area contributed by atoms with E-state index in [9.17, 15) is 14.7 Å². The van der Waals surface area contributed by atoms with Gasteiger partial charge in [-0.25, -0.2) is 0 Å². The summed E-state index contributed by atoms with van der Waals surface area (Å²) in [6.45, 7) is 6.35. The van der Waals surface area contributed by atoms with Crippen LogP contribution >= 0.6 is 0 Å². The van der Waals surface area contributed by atoms with Gasteiger partial charge in [-0.1, -0.05) is 37.1 Å². The number of aliphatic hydroxyl groups excluding tert-OH is 1. The first-order chi connectivity index (χ1) is 11.8. The molecule has 0 radical (unpaired) electrons. The number of carbonyl (C=O) groups is 2. The van der Waals surface area contributed by atoms with E-state index in [0.717, 1.165) is 25.7 Å². The van der Waals surface area contributed by atoms with Crippen molar-refractivity contribution in [1.29, 1.82) is 0 Å². The van der Waals surface area contributed by atoms with Gasteiger partial charge in [0, 0.05) is 11.3 Å². The lowest BCUT2D eigenvalue weighted by Crippen LogP contribution is -2.45. The first kappa shape index (κ1) is 17.0. The summed E-state index contributed by atoms with van der Waals surface area (Å²) in [7, 11) is 0. The van der Waals surface area contributed by atoms with Crippen molar-refractivity contribution in [1.82, 2.24) is 0 Å². The number of allylic oxidation sites excluding steroid dienone is 6. The molecule has 6 atom stereocenters. The van der Waals surface area contributed by atoms with Crippen LogP contribution in [0.1, 0.15) is 46.5 Å². The molecule has 3 nitrogen and oxygen atoms in total. The molecule has 4 unspecified atom stereocenters. The molecular formula is C22H28O3. The quantitative estimate of drug-likeness (QED) is 0.781. The van der Waals surface area contributed by atoms with E-state index in [1.807, 2.05) is 6.08 Å². The summed E-state index contributed by atoms with van der Waals surface area (Å²) in [6.07, 6.45) is 12.0. The van der Waals surface area contributed by atoms with Crippen LogP contribution in [0.3, 0.4) is 0 Å². The van der Waals surface area contributed by atoms with E-state index in [4.69, 9.17) is 0 Å². The molecule has 1 N–H and O–H groups in total. The van der Waals surface area contributed by atoms with Gasteiger partial charge < -0.3 is 5.11 Å². The van der Waals surface area contributed by atoms with Gasteiger partial charge in [-0.2, -0.15) is 0 Å². The van der Waals surface area contributed by atoms with Crippen LogP contribution in [0.5, 0.6) is 0 Å². The predicted molar refractivity (Wildman–Crippen MR) is 96.7 cm³/mol. The molecule has 0 aromatic carbocycles. The number of rotatable bonds is 2.